The molecule has 0 unspecified atom stereocenters. The maximum absolute atomic E-state index is 6.13. The summed E-state index contributed by atoms with van der Waals surface area (Å²) in [7, 11) is 3.11. The summed E-state index contributed by atoms with van der Waals surface area (Å²) >= 11 is 6.13. The van der Waals surface area contributed by atoms with Gasteiger partial charge in [0.1, 0.15) is 11.5 Å². The number of benzene rings is 2. The van der Waals surface area contributed by atoms with Gasteiger partial charge in [-0.25, -0.2) is 0 Å². The zero-order valence-electron chi connectivity index (χ0n) is 14.6. The smallest absolute Gasteiger partial charge is 0.249 e. The Balaban J connectivity index is 1.85. The third-order valence-electron chi connectivity index (χ3n) is 3.57. The predicted octanol–water partition coefficient (Wildman–Crippen LogP) is 4.34. The van der Waals surface area contributed by atoms with Gasteiger partial charge in [0.05, 0.1) is 31.1 Å². The molecule has 8 heteroatoms. The molecule has 7 nitrogen and oxygen atoms in total. The van der Waals surface area contributed by atoms with Gasteiger partial charge in [-0.2, -0.15) is 10.1 Å². The molecule has 0 radical (unpaired) electrons. The van der Waals surface area contributed by atoms with E-state index in [-0.39, 0.29) is 0 Å². The third kappa shape index (κ3) is 4.12. The van der Waals surface area contributed by atoms with E-state index in [0.29, 0.717) is 34.0 Å². The summed E-state index contributed by atoms with van der Waals surface area (Å²) in [6, 6.07) is 11.3. The first kappa shape index (κ1) is 17.8. The molecule has 0 amide bonds. The Labute approximate surface area is 156 Å². The van der Waals surface area contributed by atoms with Crippen LogP contribution in [0, 0.1) is 6.92 Å². The van der Waals surface area contributed by atoms with Crippen molar-refractivity contribution in [3.63, 3.8) is 0 Å². The van der Waals surface area contributed by atoms with E-state index in [9.17, 15) is 0 Å². The molecule has 0 atom stereocenters. The van der Waals surface area contributed by atoms with Gasteiger partial charge in [-0.3, -0.25) is 0 Å². The lowest BCUT2D eigenvalue weighted by atomic mass is 10.2. The monoisotopic (exact) mass is 371 g/mol. The SMILES string of the molecule is COc1cc(Nc2cnnc(Nc3cccc(C)c3)n2)c(OC)cc1Cl. The number of aromatic nitrogens is 3. The average Bonchev–Trinajstić information content (AvgIpc) is 2.63. The van der Waals surface area contributed by atoms with E-state index in [0.717, 1.165) is 11.3 Å². The van der Waals surface area contributed by atoms with Crippen molar-refractivity contribution in [2.24, 2.45) is 0 Å². The van der Waals surface area contributed by atoms with Crippen LogP contribution in [0.4, 0.5) is 23.1 Å². The maximum atomic E-state index is 6.13. The highest BCUT2D eigenvalue weighted by molar-refractivity contribution is 6.32. The van der Waals surface area contributed by atoms with Gasteiger partial charge >= 0.3 is 0 Å². The van der Waals surface area contributed by atoms with Crippen molar-refractivity contribution in [3.05, 3.63) is 53.2 Å². The van der Waals surface area contributed by atoms with Crippen LogP contribution in [-0.4, -0.2) is 29.4 Å². The number of anilines is 4. The molecule has 1 aromatic heterocycles. The minimum atomic E-state index is 0.375. The molecule has 134 valence electrons. The second kappa shape index (κ2) is 7.88. The Bertz CT molecular complexity index is 920. The summed E-state index contributed by atoms with van der Waals surface area (Å²) in [5, 5.41) is 14.7. The van der Waals surface area contributed by atoms with Crippen molar-refractivity contribution in [2.45, 2.75) is 6.92 Å². The van der Waals surface area contributed by atoms with Crippen LogP contribution in [0.5, 0.6) is 11.5 Å². The van der Waals surface area contributed by atoms with Gasteiger partial charge in [-0.1, -0.05) is 23.7 Å². The van der Waals surface area contributed by atoms with Crippen molar-refractivity contribution in [1.29, 1.82) is 0 Å². The molecule has 0 saturated heterocycles. The first-order chi connectivity index (χ1) is 12.6. The van der Waals surface area contributed by atoms with Gasteiger partial charge in [0.2, 0.25) is 5.95 Å². The van der Waals surface area contributed by atoms with Gasteiger partial charge in [0.25, 0.3) is 0 Å². The largest absolute Gasteiger partial charge is 0.495 e. The van der Waals surface area contributed by atoms with Crippen molar-refractivity contribution in [2.75, 3.05) is 24.9 Å². The number of nitrogens with one attached hydrogen (secondary N) is 2. The molecule has 0 aliphatic carbocycles. The number of methoxy groups -OCH3 is 2. The maximum Gasteiger partial charge on any atom is 0.249 e. The normalized spacial score (nSPS) is 10.3. The van der Waals surface area contributed by atoms with Gasteiger partial charge < -0.3 is 20.1 Å². The van der Waals surface area contributed by atoms with Crippen molar-refractivity contribution in [3.8, 4) is 11.5 Å². The fraction of sp³-hybridized carbons (Fsp3) is 0.167. The highest BCUT2D eigenvalue weighted by Gasteiger charge is 2.11. The van der Waals surface area contributed by atoms with Gasteiger partial charge in [-0.05, 0) is 24.6 Å². The van der Waals surface area contributed by atoms with Crippen molar-refractivity contribution < 1.29 is 9.47 Å². The molecule has 1 heterocycles. The minimum absolute atomic E-state index is 0.375. The number of hydrogen-bond acceptors (Lipinski definition) is 7. The lowest BCUT2D eigenvalue weighted by molar-refractivity contribution is 0.405. The van der Waals surface area contributed by atoms with Crippen molar-refractivity contribution in [1.82, 2.24) is 15.2 Å². The summed E-state index contributed by atoms with van der Waals surface area (Å²) in [6.07, 6.45) is 1.52. The third-order valence-corrected chi connectivity index (χ3v) is 3.87. The first-order valence-electron chi connectivity index (χ1n) is 7.81. The summed E-state index contributed by atoms with van der Waals surface area (Å²) in [5.74, 6) is 1.95. The molecule has 0 aliphatic rings. The standard InChI is InChI=1S/C18H18ClN5O2/c1-11-5-4-6-12(7-11)21-18-23-17(10-20-24-18)22-14-9-15(25-2)13(19)8-16(14)26-3/h4-10H,1-3H3,(H2,21,22,23,24). The first-order valence-corrected chi connectivity index (χ1v) is 8.19. The molecule has 3 rings (SSSR count). The fourth-order valence-corrected chi connectivity index (χ4v) is 2.60. The Kier molecular flexibility index (Phi) is 5.38. The molecule has 2 aromatic carbocycles. The van der Waals surface area contributed by atoms with E-state index in [1.807, 2.05) is 31.2 Å². The molecule has 0 spiro atoms. The lowest BCUT2D eigenvalue weighted by Gasteiger charge is -2.13. The van der Waals surface area contributed by atoms with E-state index in [1.54, 1.807) is 26.4 Å². The quantitative estimate of drug-likeness (QED) is 0.667. The van der Waals surface area contributed by atoms with Gasteiger partial charge in [-0.15, -0.1) is 5.10 Å². The van der Waals surface area contributed by atoms with Gasteiger partial charge in [0, 0.05) is 17.8 Å². The Morgan fingerprint density at radius 2 is 1.81 bits per heavy atom. The van der Waals surface area contributed by atoms with Crippen LogP contribution in [-0.2, 0) is 0 Å². The fourth-order valence-electron chi connectivity index (χ4n) is 2.36. The molecule has 26 heavy (non-hydrogen) atoms. The summed E-state index contributed by atoms with van der Waals surface area (Å²) in [5.41, 5.74) is 2.67. The Hall–Kier alpha value is -3.06. The molecule has 2 N–H and O–H groups in total. The predicted molar refractivity (Wildman–Crippen MR) is 102 cm³/mol. The van der Waals surface area contributed by atoms with Gasteiger partial charge in [0.15, 0.2) is 5.82 Å². The van der Waals surface area contributed by atoms with E-state index in [2.05, 4.69) is 25.8 Å². The summed E-state index contributed by atoms with van der Waals surface area (Å²) in [6.45, 7) is 2.02. The average molecular weight is 372 g/mol. The molecule has 3 aromatic rings. The molecule has 0 aliphatic heterocycles. The molecule has 0 saturated carbocycles. The van der Waals surface area contributed by atoms with Crippen LogP contribution in [0.15, 0.2) is 42.6 Å². The number of aryl methyl sites for hydroxylation is 1. The summed E-state index contributed by atoms with van der Waals surface area (Å²) in [4.78, 5) is 4.42. The minimum Gasteiger partial charge on any atom is -0.495 e. The van der Waals surface area contributed by atoms with E-state index in [4.69, 9.17) is 21.1 Å². The molecule has 0 bridgehead atoms. The highest BCUT2D eigenvalue weighted by Crippen LogP contribution is 2.37. The summed E-state index contributed by atoms with van der Waals surface area (Å²) < 4.78 is 10.6. The lowest BCUT2D eigenvalue weighted by Crippen LogP contribution is -2.03. The van der Waals surface area contributed by atoms with E-state index < -0.39 is 0 Å². The number of rotatable bonds is 6. The van der Waals surface area contributed by atoms with Crippen LogP contribution in [0.1, 0.15) is 5.56 Å². The molecular formula is C18H18ClN5O2. The second-order valence-electron chi connectivity index (χ2n) is 5.47. The molecule has 0 fully saturated rings. The van der Waals surface area contributed by atoms with Crippen molar-refractivity contribution >= 4 is 34.7 Å². The number of halogens is 1. The second-order valence-corrected chi connectivity index (χ2v) is 5.88. The number of ether oxygens (including phenoxy) is 2. The Morgan fingerprint density at radius 3 is 2.54 bits per heavy atom. The van der Waals surface area contributed by atoms with Crippen LogP contribution in [0.2, 0.25) is 5.02 Å². The van der Waals surface area contributed by atoms with Crippen LogP contribution < -0.4 is 20.1 Å². The topological polar surface area (TPSA) is 81.2 Å². The number of nitrogens with zero attached hydrogens (tertiary/aromatic N) is 3. The zero-order chi connectivity index (χ0) is 18.5. The van der Waals surface area contributed by atoms with Crippen LogP contribution >= 0.6 is 11.6 Å². The highest BCUT2D eigenvalue weighted by atomic mass is 35.5. The van der Waals surface area contributed by atoms with Crippen LogP contribution in [0.3, 0.4) is 0 Å². The van der Waals surface area contributed by atoms with E-state index in [1.165, 1.54) is 6.20 Å². The number of hydrogen-bond donors (Lipinski definition) is 2. The Morgan fingerprint density at radius 1 is 1.00 bits per heavy atom. The van der Waals surface area contributed by atoms with E-state index >= 15 is 0 Å². The zero-order valence-corrected chi connectivity index (χ0v) is 15.3. The molecular weight excluding hydrogens is 354 g/mol. The van der Waals surface area contributed by atoms with Crippen LogP contribution in [0.25, 0.3) is 0 Å².